The van der Waals surface area contributed by atoms with E-state index in [1.54, 1.807) is 28.3 Å². The molecule has 31 heavy (non-hydrogen) atoms. The summed E-state index contributed by atoms with van der Waals surface area (Å²) in [6.07, 6.45) is 2.79. The highest BCUT2D eigenvalue weighted by Gasteiger charge is 2.30. The molecule has 0 spiro atoms. The number of Topliss-reactive ketones (excluding diaryl/α,β-unsaturated/α-hetero) is 1. The Balaban J connectivity index is 1.75. The van der Waals surface area contributed by atoms with Gasteiger partial charge < -0.3 is 23.7 Å². The van der Waals surface area contributed by atoms with Crippen LogP contribution in [0.2, 0.25) is 0 Å². The average Bonchev–Trinajstić information content (AvgIpc) is 3.27. The van der Waals surface area contributed by atoms with Crippen LogP contribution >= 0.6 is 0 Å². The van der Waals surface area contributed by atoms with E-state index >= 15 is 0 Å². The topological polar surface area (TPSA) is 63.2 Å². The van der Waals surface area contributed by atoms with Crippen LogP contribution in [-0.4, -0.2) is 33.2 Å². The van der Waals surface area contributed by atoms with E-state index in [2.05, 4.69) is 6.07 Å². The Bertz CT molecular complexity index is 868. The molecular weight excluding hydrogens is 396 g/mol. The van der Waals surface area contributed by atoms with E-state index in [0.29, 0.717) is 23.7 Å². The summed E-state index contributed by atoms with van der Waals surface area (Å²) < 4.78 is 28.8. The summed E-state index contributed by atoms with van der Waals surface area (Å²) >= 11 is 0. The van der Waals surface area contributed by atoms with Gasteiger partial charge in [0.05, 0.1) is 33.5 Å². The van der Waals surface area contributed by atoms with Gasteiger partial charge in [0, 0.05) is 6.42 Å². The largest absolute Gasteiger partial charge is 0.493 e. The summed E-state index contributed by atoms with van der Waals surface area (Å²) in [6.45, 7) is 3.62. The highest BCUT2D eigenvalue weighted by molar-refractivity contribution is 5.76. The van der Waals surface area contributed by atoms with Gasteiger partial charge in [-0.15, -0.1) is 0 Å². The molecule has 0 radical (unpaired) electrons. The van der Waals surface area contributed by atoms with Crippen LogP contribution in [0.4, 0.5) is 0 Å². The molecule has 1 fully saturated rings. The second-order valence-electron chi connectivity index (χ2n) is 7.78. The maximum atomic E-state index is 11.5. The van der Waals surface area contributed by atoms with Crippen molar-refractivity contribution in [1.82, 2.24) is 0 Å². The van der Waals surface area contributed by atoms with E-state index in [1.807, 2.05) is 37.3 Å². The second kappa shape index (κ2) is 10.5. The first-order valence-electron chi connectivity index (χ1n) is 10.7. The third-order valence-electron chi connectivity index (χ3n) is 5.58. The molecule has 0 aliphatic carbocycles. The molecule has 2 aromatic rings. The van der Waals surface area contributed by atoms with Crippen LogP contribution in [0.5, 0.6) is 23.0 Å². The fourth-order valence-electron chi connectivity index (χ4n) is 3.99. The number of carbonyl (C=O) groups is 1. The maximum Gasteiger partial charge on any atom is 0.203 e. The van der Waals surface area contributed by atoms with Gasteiger partial charge in [-0.05, 0) is 61.6 Å². The van der Waals surface area contributed by atoms with Crippen LogP contribution in [0.15, 0.2) is 36.4 Å². The summed E-state index contributed by atoms with van der Waals surface area (Å²) in [5.41, 5.74) is 2.07. The Hall–Kier alpha value is -2.73. The molecular formula is C25H32O6. The number of ketones is 1. The molecule has 168 valence electrons. The Labute approximate surface area is 184 Å². The lowest BCUT2D eigenvalue weighted by Crippen LogP contribution is -2.18. The molecule has 1 saturated heterocycles. The minimum atomic E-state index is -0.107. The molecule has 3 atom stereocenters. The van der Waals surface area contributed by atoms with E-state index in [1.165, 1.54) is 0 Å². The highest BCUT2D eigenvalue weighted by Crippen LogP contribution is 2.46. The fraction of sp³-hybridized carbons (Fsp3) is 0.480. The quantitative estimate of drug-likeness (QED) is 0.502. The van der Waals surface area contributed by atoms with Crippen LogP contribution < -0.4 is 18.9 Å². The Morgan fingerprint density at radius 1 is 1.00 bits per heavy atom. The molecule has 0 amide bonds. The molecule has 0 bridgehead atoms. The SMILES string of the molecule is CCC(CC(C)=O)Oc1cccc([C@@H]2CC[C@@H](c3cc(OC)c(OC)c(OC)c3)O2)c1. The van der Waals surface area contributed by atoms with Gasteiger partial charge in [0.2, 0.25) is 5.75 Å². The lowest BCUT2D eigenvalue weighted by molar-refractivity contribution is -0.118. The average molecular weight is 429 g/mol. The third kappa shape index (κ3) is 5.50. The zero-order chi connectivity index (χ0) is 22.4. The highest BCUT2D eigenvalue weighted by atomic mass is 16.5. The van der Waals surface area contributed by atoms with Gasteiger partial charge in [-0.3, -0.25) is 4.79 Å². The van der Waals surface area contributed by atoms with Crippen molar-refractivity contribution in [3.8, 4) is 23.0 Å². The zero-order valence-electron chi connectivity index (χ0n) is 19.0. The second-order valence-corrected chi connectivity index (χ2v) is 7.78. The molecule has 3 rings (SSSR count). The normalized spacial score (nSPS) is 19.0. The van der Waals surface area contributed by atoms with Crippen molar-refractivity contribution in [1.29, 1.82) is 0 Å². The lowest BCUT2D eigenvalue weighted by Gasteiger charge is -2.19. The predicted octanol–water partition coefficient (Wildman–Crippen LogP) is 5.44. The van der Waals surface area contributed by atoms with Gasteiger partial charge in [-0.2, -0.15) is 0 Å². The van der Waals surface area contributed by atoms with Gasteiger partial charge in [0.15, 0.2) is 11.5 Å². The minimum Gasteiger partial charge on any atom is -0.493 e. The van der Waals surface area contributed by atoms with Gasteiger partial charge in [-0.1, -0.05) is 19.1 Å². The molecule has 2 aromatic carbocycles. The van der Waals surface area contributed by atoms with Crippen molar-refractivity contribution in [3.05, 3.63) is 47.5 Å². The van der Waals surface area contributed by atoms with Crippen molar-refractivity contribution in [3.63, 3.8) is 0 Å². The number of rotatable bonds is 10. The molecule has 1 heterocycles. The van der Waals surface area contributed by atoms with E-state index in [0.717, 1.165) is 36.1 Å². The number of hydrogen-bond donors (Lipinski definition) is 0. The Morgan fingerprint density at radius 3 is 2.19 bits per heavy atom. The maximum absolute atomic E-state index is 11.5. The van der Waals surface area contributed by atoms with E-state index in [4.69, 9.17) is 23.7 Å². The molecule has 1 unspecified atom stereocenters. The number of carbonyl (C=O) groups excluding carboxylic acids is 1. The Kier molecular flexibility index (Phi) is 7.80. The van der Waals surface area contributed by atoms with Crippen LogP contribution in [0.1, 0.15) is 62.9 Å². The minimum absolute atomic E-state index is 0.0273. The molecule has 1 aliphatic rings. The van der Waals surface area contributed by atoms with Crippen molar-refractivity contribution in [2.24, 2.45) is 0 Å². The summed E-state index contributed by atoms with van der Waals surface area (Å²) in [5, 5.41) is 0. The van der Waals surface area contributed by atoms with Crippen LogP contribution in [-0.2, 0) is 9.53 Å². The molecule has 1 aliphatic heterocycles. The first kappa shape index (κ1) is 22.9. The van der Waals surface area contributed by atoms with Gasteiger partial charge in [0.1, 0.15) is 17.6 Å². The number of hydrogen-bond acceptors (Lipinski definition) is 6. The van der Waals surface area contributed by atoms with Crippen molar-refractivity contribution >= 4 is 5.78 Å². The summed E-state index contributed by atoms with van der Waals surface area (Å²) in [5.74, 6) is 2.72. The van der Waals surface area contributed by atoms with Crippen molar-refractivity contribution in [2.45, 2.75) is 57.8 Å². The van der Waals surface area contributed by atoms with E-state index in [9.17, 15) is 4.79 Å². The van der Waals surface area contributed by atoms with E-state index < -0.39 is 0 Å². The van der Waals surface area contributed by atoms with Crippen molar-refractivity contribution < 1.29 is 28.5 Å². The standard InChI is InChI=1S/C25H32O6/c1-6-19(12-16(2)26)30-20-9-7-8-17(13-20)21-10-11-22(31-21)18-14-23(27-3)25(29-5)24(15-18)28-4/h7-9,13-15,19,21-22H,6,10-12H2,1-5H3/t19?,21-,22-/m0/s1. The first-order valence-corrected chi connectivity index (χ1v) is 10.7. The molecule has 6 nitrogen and oxygen atoms in total. The summed E-state index contributed by atoms with van der Waals surface area (Å²) in [4.78, 5) is 11.5. The van der Waals surface area contributed by atoms with Gasteiger partial charge in [0.25, 0.3) is 0 Å². The third-order valence-corrected chi connectivity index (χ3v) is 5.58. The zero-order valence-corrected chi connectivity index (χ0v) is 19.0. The predicted molar refractivity (Wildman–Crippen MR) is 118 cm³/mol. The molecule has 0 aromatic heterocycles. The van der Waals surface area contributed by atoms with Gasteiger partial charge >= 0.3 is 0 Å². The number of benzene rings is 2. The molecule has 0 saturated carbocycles. The van der Waals surface area contributed by atoms with E-state index in [-0.39, 0.29) is 24.1 Å². The molecule has 6 heteroatoms. The summed E-state index contributed by atoms with van der Waals surface area (Å²) in [6, 6.07) is 11.9. The van der Waals surface area contributed by atoms with Crippen LogP contribution in [0, 0.1) is 0 Å². The fourth-order valence-corrected chi connectivity index (χ4v) is 3.99. The van der Waals surface area contributed by atoms with Crippen LogP contribution in [0.3, 0.4) is 0 Å². The molecule has 0 N–H and O–H groups in total. The Morgan fingerprint density at radius 2 is 1.65 bits per heavy atom. The first-order chi connectivity index (χ1) is 15.0. The lowest BCUT2D eigenvalue weighted by atomic mass is 10.0. The monoisotopic (exact) mass is 428 g/mol. The summed E-state index contributed by atoms with van der Waals surface area (Å²) in [7, 11) is 4.82. The van der Waals surface area contributed by atoms with Crippen molar-refractivity contribution in [2.75, 3.05) is 21.3 Å². The number of ether oxygens (including phenoxy) is 5. The van der Waals surface area contributed by atoms with Gasteiger partial charge in [-0.25, -0.2) is 0 Å². The smallest absolute Gasteiger partial charge is 0.203 e. The van der Waals surface area contributed by atoms with Crippen LogP contribution in [0.25, 0.3) is 0 Å². The number of methoxy groups -OCH3 is 3.